The average molecular weight is 305 g/mol. The molecule has 0 bridgehead atoms. The Labute approximate surface area is 124 Å². The molecule has 0 aromatic heterocycles. The van der Waals surface area contributed by atoms with E-state index in [2.05, 4.69) is 45.7 Å². The summed E-state index contributed by atoms with van der Waals surface area (Å²) in [6.07, 6.45) is 5.18. The molecule has 0 aromatic rings. The molecule has 0 rings (SSSR count). The normalized spacial score (nSPS) is 16.6. The Balaban J connectivity index is 4.35. The number of unbranched alkanes of at least 4 members (excludes halogenated alkanes) is 2. The standard InChI is InChI=1S/C15H32O4Si/c1-7-8-9-10-11-14(19-17)13(16)12-18-20(5,6)15(2,3)4/h10-11,13-14,16-17H,7-9,12H2,1-6H3/b11-10+/t13-,14-/m1/s1. The van der Waals surface area contributed by atoms with Gasteiger partial charge in [-0.05, 0) is 24.6 Å². The Kier molecular flexibility index (Phi) is 8.86. The molecule has 20 heavy (non-hydrogen) atoms. The summed E-state index contributed by atoms with van der Waals surface area (Å²) in [7, 11) is -1.89. The minimum atomic E-state index is -1.89. The molecule has 0 unspecified atom stereocenters. The summed E-state index contributed by atoms with van der Waals surface area (Å²) >= 11 is 0. The number of aliphatic hydroxyl groups is 1. The highest BCUT2D eigenvalue weighted by Crippen LogP contribution is 2.36. The molecule has 0 aliphatic rings. The fourth-order valence-corrected chi connectivity index (χ4v) is 2.41. The van der Waals surface area contributed by atoms with Crippen LogP contribution >= 0.6 is 0 Å². The fraction of sp³-hybridized carbons (Fsp3) is 0.867. The average Bonchev–Trinajstić information content (AvgIpc) is 2.35. The highest BCUT2D eigenvalue weighted by atomic mass is 28.4. The first-order valence-electron chi connectivity index (χ1n) is 7.44. The Morgan fingerprint density at radius 1 is 1.25 bits per heavy atom. The number of aliphatic hydroxyl groups excluding tert-OH is 1. The van der Waals surface area contributed by atoms with E-state index < -0.39 is 20.5 Å². The molecule has 0 fully saturated rings. The van der Waals surface area contributed by atoms with Gasteiger partial charge in [0.25, 0.3) is 0 Å². The van der Waals surface area contributed by atoms with Crippen molar-refractivity contribution in [2.75, 3.05) is 6.61 Å². The van der Waals surface area contributed by atoms with Gasteiger partial charge in [0.05, 0.1) is 6.61 Å². The molecule has 0 aliphatic heterocycles. The lowest BCUT2D eigenvalue weighted by molar-refractivity contribution is -0.284. The molecule has 0 amide bonds. The molecule has 0 radical (unpaired) electrons. The first-order valence-corrected chi connectivity index (χ1v) is 10.4. The third-order valence-electron chi connectivity index (χ3n) is 3.97. The van der Waals surface area contributed by atoms with Crippen LogP contribution in [0.15, 0.2) is 12.2 Å². The Hall–Kier alpha value is -0.203. The summed E-state index contributed by atoms with van der Waals surface area (Å²) in [5.41, 5.74) is 0. The maximum Gasteiger partial charge on any atom is 0.192 e. The lowest BCUT2D eigenvalue weighted by Crippen LogP contribution is -2.44. The molecule has 4 nitrogen and oxygen atoms in total. The molecule has 5 heteroatoms. The maximum atomic E-state index is 10.1. The van der Waals surface area contributed by atoms with Gasteiger partial charge in [0.2, 0.25) is 0 Å². The number of hydrogen-bond donors (Lipinski definition) is 2. The van der Waals surface area contributed by atoms with Crippen LogP contribution in [0.5, 0.6) is 0 Å². The summed E-state index contributed by atoms with van der Waals surface area (Å²) in [6.45, 7) is 13.0. The molecular formula is C15H32O4Si. The van der Waals surface area contributed by atoms with Crippen molar-refractivity contribution in [2.45, 2.75) is 77.3 Å². The van der Waals surface area contributed by atoms with E-state index in [1.807, 2.05) is 6.08 Å². The molecule has 2 atom stereocenters. The van der Waals surface area contributed by atoms with Crippen LogP contribution in [0.3, 0.4) is 0 Å². The highest BCUT2D eigenvalue weighted by Gasteiger charge is 2.38. The van der Waals surface area contributed by atoms with Crippen LogP contribution in [0.25, 0.3) is 0 Å². The second-order valence-electron chi connectivity index (χ2n) is 6.78. The largest absolute Gasteiger partial charge is 0.414 e. The van der Waals surface area contributed by atoms with Gasteiger partial charge in [-0.1, -0.05) is 52.7 Å². The lowest BCUT2D eigenvalue weighted by atomic mass is 10.1. The van der Waals surface area contributed by atoms with Crippen LogP contribution in [0.4, 0.5) is 0 Å². The number of hydrogen-bond acceptors (Lipinski definition) is 4. The highest BCUT2D eigenvalue weighted by molar-refractivity contribution is 6.74. The van der Waals surface area contributed by atoms with Crippen LogP contribution in [0.2, 0.25) is 18.1 Å². The van der Waals surface area contributed by atoms with E-state index in [-0.39, 0.29) is 11.6 Å². The number of allylic oxidation sites excluding steroid dienone is 1. The van der Waals surface area contributed by atoms with Crippen LogP contribution in [-0.2, 0) is 9.31 Å². The van der Waals surface area contributed by atoms with E-state index in [9.17, 15) is 5.11 Å². The van der Waals surface area contributed by atoms with Crippen molar-refractivity contribution in [3.8, 4) is 0 Å². The molecule has 0 aliphatic carbocycles. The van der Waals surface area contributed by atoms with E-state index in [0.29, 0.717) is 0 Å². The third-order valence-corrected chi connectivity index (χ3v) is 8.47. The Morgan fingerprint density at radius 3 is 2.30 bits per heavy atom. The Bertz CT molecular complexity index is 284. The van der Waals surface area contributed by atoms with Gasteiger partial charge in [-0.15, -0.1) is 0 Å². The van der Waals surface area contributed by atoms with Crippen molar-refractivity contribution in [2.24, 2.45) is 0 Å². The van der Waals surface area contributed by atoms with E-state index in [1.165, 1.54) is 0 Å². The minimum absolute atomic E-state index is 0.0965. The van der Waals surface area contributed by atoms with Gasteiger partial charge in [0, 0.05) is 0 Å². The predicted octanol–water partition coefficient (Wildman–Crippen LogP) is 3.97. The quantitative estimate of drug-likeness (QED) is 0.222. The van der Waals surface area contributed by atoms with Gasteiger partial charge in [-0.25, -0.2) is 4.89 Å². The van der Waals surface area contributed by atoms with Crippen molar-refractivity contribution >= 4 is 8.32 Å². The zero-order chi connectivity index (χ0) is 15.8. The summed E-state index contributed by atoms with van der Waals surface area (Å²) in [6, 6.07) is 0. The van der Waals surface area contributed by atoms with Crippen LogP contribution < -0.4 is 0 Å². The van der Waals surface area contributed by atoms with Crippen LogP contribution in [0.1, 0.15) is 47.0 Å². The monoisotopic (exact) mass is 304 g/mol. The van der Waals surface area contributed by atoms with Gasteiger partial charge in [-0.3, -0.25) is 5.26 Å². The lowest BCUT2D eigenvalue weighted by Gasteiger charge is -2.37. The van der Waals surface area contributed by atoms with Gasteiger partial charge in [0.1, 0.15) is 12.2 Å². The van der Waals surface area contributed by atoms with Gasteiger partial charge < -0.3 is 9.53 Å². The number of rotatable bonds is 9. The van der Waals surface area contributed by atoms with Gasteiger partial charge in [0.15, 0.2) is 8.32 Å². The van der Waals surface area contributed by atoms with Crippen LogP contribution in [0, 0.1) is 0 Å². The first-order chi connectivity index (χ1) is 9.15. The van der Waals surface area contributed by atoms with Crippen molar-refractivity contribution in [3.05, 3.63) is 12.2 Å². The van der Waals surface area contributed by atoms with Crippen LogP contribution in [-0.4, -0.2) is 37.5 Å². The summed E-state index contributed by atoms with van der Waals surface area (Å²) in [5, 5.41) is 19.0. The third kappa shape index (κ3) is 6.99. The first kappa shape index (κ1) is 19.8. The Morgan fingerprint density at radius 2 is 1.85 bits per heavy atom. The minimum Gasteiger partial charge on any atom is -0.414 e. The molecule has 0 spiro atoms. The second-order valence-corrected chi connectivity index (χ2v) is 11.6. The summed E-state index contributed by atoms with van der Waals surface area (Å²) < 4.78 is 5.93. The van der Waals surface area contributed by atoms with Crippen molar-refractivity contribution in [3.63, 3.8) is 0 Å². The van der Waals surface area contributed by atoms with Gasteiger partial charge >= 0.3 is 0 Å². The van der Waals surface area contributed by atoms with Gasteiger partial charge in [-0.2, -0.15) is 0 Å². The maximum absolute atomic E-state index is 10.1. The second kappa shape index (κ2) is 8.95. The van der Waals surface area contributed by atoms with E-state index in [4.69, 9.17) is 9.68 Å². The SMILES string of the molecule is CCCC/C=C/[C@@H](OO)[C@H](O)CO[Si](C)(C)C(C)(C)C. The predicted molar refractivity (Wildman–Crippen MR) is 85.3 cm³/mol. The molecular weight excluding hydrogens is 272 g/mol. The molecule has 0 heterocycles. The topological polar surface area (TPSA) is 58.9 Å². The van der Waals surface area contributed by atoms with Crippen molar-refractivity contribution in [1.82, 2.24) is 0 Å². The van der Waals surface area contributed by atoms with E-state index in [1.54, 1.807) is 6.08 Å². The molecule has 0 aromatic carbocycles. The van der Waals surface area contributed by atoms with E-state index >= 15 is 0 Å². The molecule has 2 N–H and O–H groups in total. The molecule has 120 valence electrons. The van der Waals surface area contributed by atoms with Crippen molar-refractivity contribution < 1.29 is 19.7 Å². The van der Waals surface area contributed by atoms with Crippen molar-refractivity contribution in [1.29, 1.82) is 0 Å². The van der Waals surface area contributed by atoms with E-state index in [0.717, 1.165) is 19.3 Å². The molecule has 0 saturated carbocycles. The summed E-state index contributed by atoms with van der Waals surface area (Å²) in [5.74, 6) is 0. The zero-order valence-electron chi connectivity index (χ0n) is 13.8. The fourth-order valence-electron chi connectivity index (χ4n) is 1.39. The summed E-state index contributed by atoms with van der Waals surface area (Å²) in [4.78, 5) is 4.34. The molecule has 0 saturated heterocycles. The smallest absolute Gasteiger partial charge is 0.192 e. The zero-order valence-corrected chi connectivity index (χ0v) is 14.8.